The standard InChI is InChI=1S/C25H37NO3/c1-2-29-24(27)21-10-14-25(28,15-11-21)22-8-6-19(7-9-22)18-20-12-16-26(17-13-20)23-4-3-5-23/h6-9,18,21,23-24,27-28H,2-5,10-17H2,1H3. The zero-order chi connectivity index (χ0) is 20.3. The number of hydrogen-bond donors (Lipinski definition) is 2. The first-order chi connectivity index (χ1) is 14.1. The molecule has 3 fully saturated rings. The smallest absolute Gasteiger partial charge is 0.157 e. The number of aliphatic hydroxyl groups excluding tert-OH is 1. The Bertz CT molecular complexity index is 677. The highest BCUT2D eigenvalue weighted by molar-refractivity contribution is 5.54. The summed E-state index contributed by atoms with van der Waals surface area (Å²) in [4.78, 5) is 2.68. The Hall–Kier alpha value is -1.20. The average Bonchev–Trinajstić information content (AvgIpc) is 2.69. The lowest BCUT2D eigenvalue weighted by molar-refractivity contribution is -0.150. The molecule has 2 saturated carbocycles. The van der Waals surface area contributed by atoms with Crippen LogP contribution in [0.2, 0.25) is 0 Å². The van der Waals surface area contributed by atoms with Gasteiger partial charge in [-0.2, -0.15) is 0 Å². The quantitative estimate of drug-likeness (QED) is 0.694. The number of benzene rings is 1. The molecule has 1 aliphatic heterocycles. The van der Waals surface area contributed by atoms with Crippen molar-refractivity contribution >= 4 is 6.08 Å². The summed E-state index contributed by atoms with van der Waals surface area (Å²) in [6.07, 6.45) is 11.2. The summed E-state index contributed by atoms with van der Waals surface area (Å²) >= 11 is 0. The van der Waals surface area contributed by atoms with Crippen molar-refractivity contribution in [2.75, 3.05) is 19.7 Å². The number of rotatable bonds is 6. The number of likely N-dealkylation sites (tertiary alicyclic amines) is 1. The molecular formula is C25H37NO3. The third-order valence-electron chi connectivity index (χ3n) is 7.45. The highest BCUT2D eigenvalue weighted by Gasteiger charge is 2.37. The topological polar surface area (TPSA) is 52.9 Å². The summed E-state index contributed by atoms with van der Waals surface area (Å²) in [6, 6.07) is 9.35. The Morgan fingerprint density at radius 3 is 2.31 bits per heavy atom. The minimum atomic E-state index is -0.776. The number of hydrogen-bond acceptors (Lipinski definition) is 4. The van der Waals surface area contributed by atoms with Gasteiger partial charge >= 0.3 is 0 Å². The number of piperidine rings is 1. The number of ether oxygens (including phenoxy) is 1. The van der Waals surface area contributed by atoms with Crippen LogP contribution in [-0.4, -0.2) is 47.1 Å². The second kappa shape index (κ2) is 9.30. The zero-order valence-electron chi connectivity index (χ0n) is 17.9. The van der Waals surface area contributed by atoms with Gasteiger partial charge < -0.3 is 14.9 Å². The molecular weight excluding hydrogens is 362 g/mol. The molecule has 1 heterocycles. The lowest BCUT2D eigenvalue weighted by atomic mass is 9.75. The minimum Gasteiger partial charge on any atom is -0.385 e. The third-order valence-corrected chi connectivity index (χ3v) is 7.45. The maximum atomic E-state index is 11.2. The van der Waals surface area contributed by atoms with Crippen molar-refractivity contribution in [1.82, 2.24) is 4.90 Å². The summed E-state index contributed by atoms with van der Waals surface area (Å²) in [6.45, 7) is 4.85. The van der Waals surface area contributed by atoms with Gasteiger partial charge in [0.1, 0.15) is 0 Å². The molecule has 160 valence electrons. The van der Waals surface area contributed by atoms with Crippen LogP contribution in [0.3, 0.4) is 0 Å². The van der Waals surface area contributed by atoms with Crippen molar-refractivity contribution in [3.8, 4) is 0 Å². The maximum Gasteiger partial charge on any atom is 0.157 e. The molecule has 4 nitrogen and oxygen atoms in total. The van der Waals surface area contributed by atoms with E-state index in [0.717, 1.165) is 24.4 Å². The van der Waals surface area contributed by atoms with Gasteiger partial charge in [0.05, 0.1) is 5.60 Å². The van der Waals surface area contributed by atoms with Gasteiger partial charge in [-0.1, -0.05) is 42.3 Å². The largest absolute Gasteiger partial charge is 0.385 e. The molecule has 0 radical (unpaired) electrons. The fourth-order valence-electron chi connectivity index (χ4n) is 5.20. The van der Waals surface area contributed by atoms with Crippen molar-refractivity contribution < 1.29 is 14.9 Å². The van der Waals surface area contributed by atoms with Gasteiger partial charge in [0.15, 0.2) is 6.29 Å². The Balaban J connectivity index is 1.32. The normalized spacial score (nSPS) is 30.0. The molecule has 0 amide bonds. The van der Waals surface area contributed by atoms with E-state index in [1.54, 1.807) is 5.57 Å². The average molecular weight is 400 g/mol. The molecule has 2 aliphatic carbocycles. The lowest BCUT2D eigenvalue weighted by Crippen LogP contribution is -2.43. The van der Waals surface area contributed by atoms with E-state index in [1.165, 1.54) is 50.8 Å². The summed E-state index contributed by atoms with van der Waals surface area (Å²) in [5, 5.41) is 21.2. The van der Waals surface area contributed by atoms with Crippen LogP contribution in [0.5, 0.6) is 0 Å². The predicted molar refractivity (Wildman–Crippen MR) is 116 cm³/mol. The van der Waals surface area contributed by atoms with E-state index in [0.29, 0.717) is 19.4 Å². The molecule has 29 heavy (non-hydrogen) atoms. The van der Waals surface area contributed by atoms with Gasteiger partial charge in [-0.05, 0) is 69.4 Å². The molecule has 4 heteroatoms. The second-order valence-corrected chi connectivity index (χ2v) is 9.26. The Labute approximate surface area is 175 Å². The second-order valence-electron chi connectivity index (χ2n) is 9.26. The molecule has 1 aromatic carbocycles. The van der Waals surface area contributed by atoms with Gasteiger partial charge in [0.2, 0.25) is 0 Å². The first-order valence-electron chi connectivity index (χ1n) is 11.6. The molecule has 4 rings (SSSR count). The van der Waals surface area contributed by atoms with Crippen molar-refractivity contribution in [2.45, 2.75) is 82.6 Å². The van der Waals surface area contributed by atoms with Crippen LogP contribution >= 0.6 is 0 Å². The molecule has 2 N–H and O–H groups in total. The van der Waals surface area contributed by atoms with E-state index in [4.69, 9.17) is 4.74 Å². The van der Waals surface area contributed by atoms with Crippen LogP contribution in [-0.2, 0) is 10.3 Å². The Kier molecular flexibility index (Phi) is 6.75. The molecule has 0 aromatic heterocycles. The van der Waals surface area contributed by atoms with Crippen molar-refractivity contribution in [2.24, 2.45) is 5.92 Å². The Morgan fingerprint density at radius 2 is 1.76 bits per heavy atom. The van der Waals surface area contributed by atoms with Crippen molar-refractivity contribution in [3.05, 3.63) is 41.0 Å². The molecule has 3 aliphatic rings. The van der Waals surface area contributed by atoms with Crippen molar-refractivity contribution in [1.29, 1.82) is 0 Å². The molecule has 1 unspecified atom stereocenters. The van der Waals surface area contributed by atoms with Gasteiger partial charge in [0.25, 0.3) is 0 Å². The molecule has 1 atom stereocenters. The zero-order valence-corrected chi connectivity index (χ0v) is 17.9. The first kappa shape index (κ1) is 21.0. The molecule has 1 aromatic rings. The molecule has 1 saturated heterocycles. The van der Waals surface area contributed by atoms with Crippen LogP contribution in [0.25, 0.3) is 6.08 Å². The fraction of sp³-hybridized carbons (Fsp3) is 0.680. The number of nitrogens with zero attached hydrogens (tertiary/aromatic N) is 1. The van der Waals surface area contributed by atoms with E-state index in [2.05, 4.69) is 35.2 Å². The van der Waals surface area contributed by atoms with Crippen LogP contribution in [0.15, 0.2) is 29.8 Å². The minimum absolute atomic E-state index is 0.130. The summed E-state index contributed by atoms with van der Waals surface area (Å²) < 4.78 is 5.34. The van der Waals surface area contributed by atoms with Gasteiger partial charge in [0, 0.05) is 31.7 Å². The SMILES string of the molecule is CCOC(O)C1CCC(O)(c2ccc(C=C3CCN(C4CCC4)CC3)cc2)CC1. The first-order valence-corrected chi connectivity index (χ1v) is 11.6. The van der Waals surface area contributed by atoms with E-state index in [1.807, 2.05) is 6.92 Å². The van der Waals surface area contributed by atoms with Crippen molar-refractivity contribution in [3.63, 3.8) is 0 Å². The summed E-state index contributed by atoms with van der Waals surface area (Å²) in [5.41, 5.74) is 3.02. The fourth-order valence-corrected chi connectivity index (χ4v) is 5.20. The summed E-state index contributed by atoms with van der Waals surface area (Å²) in [5.74, 6) is 0.130. The highest BCUT2D eigenvalue weighted by Crippen LogP contribution is 2.41. The maximum absolute atomic E-state index is 11.2. The highest BCUT2D eigenvalue weighted by atomic mass is 16.6. The Morgan fingerprint density at radius 1 is 1.10 bits per heavy atom. The summed E-state index contributed by atoms with van der Waals surface area (Å²) in [7, 11) is 0. The third kappa shape index (κ3) is 4.93. The predicted octanol–water partition coefficient (Wildman–Crippen LogP) is 4.45. The molecule has 0 spiro atoms. The van der Waals surface area contributed by atoms with Gasteiger partial charge in [-0.15, -0.1) is 0 Å². The van der Waals surface area contributed by atoms with Crippen LogP contribution in [0.4, 0.5) is 0 Å². The van der Waals surface area contributed by atoms with E-state index >= 15 is 0 Å². The van der Waals surface area contributed by atoms with E-state index in [9.17, 15) is 10.2 Å². The lowest BCUT2D eigenvalue weighted by Gasteiger charge is -2.40. The van der Waals surface area contributed by atoms with E-state index in [-0.39, 0.29) is 5.92 Å². The van der Waals surface area contributed by atoms with Crippen LogP contribution < -0.4 is 0 Å². The van der Waals surface area contributed by atoms with E-state index < -0.39 is 11.9 Å². The molecule has 0 bridgehead atoms. The monoisotopic (exact) mass is 399 g/mol. The number of aliphatic hydroxyl groups is 2. The van der Waals surface area contributed by atoms with Crippen LogP contribution in [0, 0.1) is 5.92 Å². The van der Waals surface area contributed by atoms with Crippen LogP contribution in [0.1, 0.15) is 75.8 Å². The van der Waals surface area contributed by atoms with Gasteiger partial charge in [-0.3, -0.25) is 4.90 Å². The van der Waals surface area contributed by atoms with Gasteiger partial charge in [-0.25, -0.2) is 0 Å².